The van der Waals surface area contributed by atoms with Crippen LogP contribution in [0.25, 0.3) is 11.0 Å². The molecule has 0 unspecified atom stereocenters. The summed E-state index contributed by atoms with van der Waals surface area (Å²) in [6.45, 7) is 0. The van der Waals surface area contributed by atoms with Gasteiger partial charge < -0.3 is 14.9 Å². The molecule has 0 aliphatic heterocycles. The molecule has 0 aliphatic carbocycles. The van der Waals surface area contributed by atoms with E-state index >= 15 is 0 Å². The predicted octanol–water partition coefficient (Wildman–Crippen LogP) is 1.09. The van der Waals surface area contributed by atoms with Crippen molar-refractivity contribution in [2.24, 2.45) is 0 Å². The van der Waals surface area contributed by atoms with E-state index in [1.54, 1.807) is 18.2 Å². The van der Waals surface area contributed by atoms with Crippen LogP contribution in [0.2, 0.25) is 0 Å². The van der Waals surface area contributed by atoms with Gasteiger partial charge in [0.2, 0.25) is 0 Å². The Hall–Kier alpha value is -2.30. The molecule has 0 radical (unpaired) electrons. The molecule has 0 bridgehead atoms. The van der Waals surface area contributed by atoms with Crippen LogP contribution in [0.5, 0.6) is 0 Å². The highest BCUT2D eigenvalue weighted by Crippen LogP contribution is 2.20. The number of benzene rings is 1. The van der Waals surface area contributed by atoms with Gasteiger partial charge in [0.15, 0.2) is 0 Å². The fourth-order valence-electron chi connectivity index (χ4n) is 1.62. The molecule has 1 aromatic carbocycles. The average molecular weight is 233 g/mol. The first-order valence-electron chi connectivity index (χ1n) is 4.99. The molecule has 0 spiro atoms. The van der Waals surface area contributed by atoms with Crippen molar-refractivity contribution in [3.05, 3.63) is 40.2 Å². The molecule has 5 heteroatoms. The molecular weight excluding hydrogens is 222 g/mol. The number of methoxy groups -OCH3 is 1. The summed E-state index contributed by atoms with van der Waals surface area (Å²) in [4.78, 5) is 22.5. The SMILES string of the molecule is COC(=O)Cc1cc(=O)oc2cc(N)ccc12. The van der Waals surface area contributed by atoms with Gasteiger partial charge >= 0.3 is 11.6 Å². The molecule has 17 heavy (non-hydrogen) atoms. The zero-order valence-corrected chi connectivity index (χ0v) is 9.23. The first-order chi connectivity index (χ1) is 8.10. The number of carbonyl (C=O) groups is 1. The number of rotatable bonds is 2. The normalized spacial score (nSPS) is 10.4. The van der Waals surface area contributed by atoms with Gasteiger partial charge in [-0.15, -0.1) is 0 Å². The molecule has 1 heterocycles. The van der Waals surface area contributed by atoms with Crippen molar-refractivity contribution in [2.75, 3.05) is 12.8 Å². The molecule has 0 fully saturated rings. The minimum Gasteiger partial charge on any atom is -0.469 e. The van der Waals surface area contributed by atoms with Crippen LogP contribution in [0.3, 0.4) is 0 Å². The second kappa shape index (κ2) is 4.29. The van der Waals surface area contributed by atoms with Crippen molar-refractivity contribution >= 4 is 22.6 Å². The second-order valence-corrected chi connectivity index (χ2v) is 3.60. The van der Waals surface area contributed by atoms with Gasteiger partial charge in [-0.1, -0.05) is 0 Å². The van der Waals surface area contributed by atoms with Crippen LogP contribution >= 0.6 is 0 Å². The van der Waals surface area contributed by atoms with Gasteiger partial charge in [-0.05, 0) is 17.7 Å². The Labute approximate surface area is 96.8 Å². The molecule has 2 aromatic rings. The molecule has 0 aliphatic rings. The van der Waals surface area contributed by atoms with Crippen molar-refractivity contribution in [1.29, 1.82) is 0 Å². The topological polar surface area (TPSA) is 82.5 Å². The van der Waals surface area contributed by atoms with Gasteiger partial charge in [-0.2, -0.15) is 0 Å². The van der Waals surface area contributed by atoms with Crippen LogP contribution in [0.1, 0.15) is 5.56 Å². The highest BCUT2D eigenvalue weighted by Gasteiger charge is 2.10. The quantitative estimate of drug-likeness (QED) is 0.477. The lowest BCUT2D eigenvalue weighted by atomic mass is 10.1. The third-order valence-corrected chi connectivity index (χ3v) is 2.42. The number of ether oxygens (including phenoxy) is 1. The van der Waals surface area contributed by atoms with Gasteiger partial charge in [0.25, 0.3) is 0 Å². The highest BCUT2D eigenvalue weighted by molar-refractivity contribution is 5.86. The Morgan fingerprint density at radius 2 is 2.18 bits per heavy atom. The zero-order valence-electron chi connectivity index (χ0n) is 9.23. The summed E-state index contributed by atoms with van der Waals surface area (Å²) in [7, 11) is 1.30. The van der Waals surface area contributed by atoms with Crippen LogP contribution in [-0.4, -0.2) is 13.1 Å². The summed E-state index contributed by atoms with van der Waals surface area (Å²) < 4.78 is 9.58. The largest absolute Gasteiger partial charge is 0.469 e. The summed E-state index contributed by atoms with van der Waals surface area (Å²) in [6, 6.07) is 6.24. The number of esters is 1. The van der Waals surface area contributed by atoms with Crippen LogP contribution in [0.4, 0.5) is 5.69 Å². The lowest BCUT2D eigenvalue weighted by Gasteiger charge is -2.04. The second-order valence-electron chi connectivity index (χ2n) is 3.60. The van der Waals surface area contributed by atoms with Gasteiger partial charge in [-0.3, -0.25) is 4.79 Å². The minimum atomic E-state index is -0.512. The van der Waals surface area contributed by atoms with E-state index in [9.17, 15) is 9.59 Å². The summed E-state index contributed by atoms with van der Waals surface area (Å²) in [5, 5.41) is 0.684. The van der Waals surface area contributed by atoms with E-state index < -0.39 is 11.6 Å². The van der Waals surface area contributed by atoms with E-state index in [2.05, 4.69) is 4.74 Å². The van der Waals surface area contributed by atoms with Crippen molar-refractivity contribution < 1.29 is 13.9 Å². The molecule has 1 aromatic heterocycles. The van der Waals surface area contributed by atoms with Gasteiger partial charge in [0, 0.05) is 23.2 Å². The highest BCUT2D eigenvalue weighted by atomic mass is 16.5. The Bertz CT molecular complexity index is 630. The lowest BCUT2D eigenvalue weighted by Crippen LogP contribution is -2.08. The first-order valence-corrected chi connectivity index (χ1v) is 4.99. The summed E-state index contributed by atoms with van der Waals surface area (Å²) in [6.07, 6.45) is 0.0303. The van der Waals surface area contributed by atoms with E-state index in [0.717, 1.165) is 0 Å². The maximum atomic E-state index is 11.3. The smallest absolute Gasteiger partial charge is 0.336 e. The number of carbonyl (C=O) groups excluding carboxylic acids is 1. The molecule has 2 N–H and O–H groups in total. The maximum absolute atomic E-state index is 11.3. The number of anilines is 1. The average Bonchev–Trinajstić information content (AvgIpc) is 2.27. The van der Waals surface area contributed by atoms with E-state index in [4.69, 9.17) is 10.2 Å². The van der Waals surface area contributed by atoms with Crippen LogP contribution in [0.15, 0.2) is 33.5 Å². The van der Waals surface area contributed by atoms with Crippen molar-refractivity contribution in [2.45, 2.75) is 6.42 Å². The molecule has 0 amide bonds. The fourth-order valence-corrected chi connectivity index (χ4v) is 1.62. The van der Waals surface area contributed by atoms with Crippen LogP contribution in [0, 0.1) is 0 Å². The van der Waals surface area contributed by atoms with Crippen molar-refractivity contribution in [1.82, 2.24) is 0 Å². The van der Waals surface area contributed by atoms with Crippen molar-refractivity contribution in [3.8, 4) is 0 Å². The van der Waals surface area contributed by atoms with Gasteiger partial charge in [-0.25, -0.2) is 4.79 Å². The molecular formula is C12H11NO4. The molecule has 0 atom stereocenters. The van der Waals surface area contributed by atoms with Gasteiger partial charge in [0.1, 0.15) is 5.58 Å². The molecule has 0 saturated carbocycles. The lowest BCUT2D eigenvalue weighted by molar-refractivity contribution is -0.139. The van der Waals surface area contributed by atoms with Crippen LogP contribution < -0.4 is 11.4 Å². The number of fused-ring (bicyclic) bond motifs is 1. The predicted molar refractivity (Wildman–Crippen MR) is 62.6 cm³/mol. The summed E-state index contributed by atoms with van der Waals surface area (Å²) >= 11 is 0. The van der Waals surface area contributed by atoms with Crippen molar-refractivity contribution in [3.63, 3.8) is 0 Å². The standard InChI is InChI=1S/C12H11NO4/c1-16-11(14)4-7-5-12(15)17-10-6-8(13)2-3-9(7)10/h2-3,5-6H,4,13H2,1H3. The monoisotopic (exact) mass is 233 g/mol. The van der Waals surface area contributed by atoms with Gasteiger partial charge in [0.05, 0.1) is 13.5 Å². The number of hydrogen-bond acceptors (Lipinski definition) is 5. The molecule has 2 rings (SSSR count). The Morgan fingerprint density at radius 3 is 2.88 bits per heavy atom. The van der Waals surface area contributed by atoms with E-state index in [1.165, 1.54) is 13.2 Å². The van der Waals surface area contributed by atoms with E-state index in [1.807, 2.05) is 0 Å². The van der Waals surface area contributed by atoms with Crippen LogP contribution in [-0.2, 0) is 16.0 Å². The Balaban J connectivity index is 2.61. The van der Waals surface area contributed by atoms with E-state index in [-0.39, 0.29) is 6.42 Å². The molecule has 0 saturated heterocycles. The zero-order chi connectivity index (χ0) is 12.4. The third kappa shape index (κ3) is 2.28. The number of nitrogens with two attached hydrogens (primary N) is 1. The molecule has 5 nitrogen and oxygen atoms in total. The minimum absolute atomic E-state index is 0.0303. The summed E-state index contributed by atoms with van der Waals surface area (Å²) in [5.74, 6) is -0.409. The fraction of sp³-hybridized carbons (Fsp3) is 0.167. The maximum Gasteiger partial charge on any atom is 0.336 e. The third-order valence-electron chi connectivity index (χ3n) is 2.42. The summed E-state index contributed by atoms with van der Waals surface area (Å²) in [5.41, 5.74) is 6.53. The van der Waals surface area contributed by atoms with E-state index in [0.29, 0.717) is 22.2 Å². The number of hydrogen-bond donors (Lipinski definition) is 1. The molecule has 88 valence electrons. The number of nitrogen functional groups attached to an aromatic ring is 1. The Morgan fingerprint density at radius 1 is 1.41 bits per heavy atom. The first kappa shape index (κ1) is 11.2. The Kier molecular flexibility index (Phi) is 2.82.